The fraction of sp³-hybridized carbons (Fsp3) is 0.552. The fourth-order valence-electron chi connectivity index (χ4n) is 5.20. The molecule has 0 radical (unpaired) electrons. The molecule has 0 N–H and O–H groups in total. The Labute approximate surface area is 207 Å². The van der Waals surface area contributed by atoms with Crippen molar-refractivity contribution >= 4 is 5.97 Å². The number of alkyl halides is 3. The second-order valence-electron chi connectivity index (χ2n) is 10.1. The smallest absolute Gasteiger partial charge is 0.416 e. The second-order valence-corrected chi connectivity index (χ2v) is 10.1. The number of nitrogens with zero attached hydrogens (tertiary/aromatic N) is 1. The van der Waals surface area contributed by atoms with Crippen LogP contribution in [0.25, 0.3) is 0 Å². The Kier molecular flexibility index (Phi) is 9.79. The Morgan fingerprint density at radius 2 is 1.74 bits per heavy atom. The van der Waals surface area contributed by atoms with Gasteiger partial charge in [-0.3, -0.25) is 9.69 Å². The molecule has 0 amide bonds. The van der Waals surface area contributed by atoms with Crippen LogP contribution in [0.1, 0.15) is 75.5 Å². The maximum atomic E-state index is 13.2. The lowest BCUT2D eigenvalue weighted by molar-refractivity contribution is -0.144. The minimum absolute atomic E-state index is 0.0568. The number of benzene rings is 2. The average Bonchev–Trinajstić information content (AvgIpc) is 2.82. The molecule has 0 spiro atoms. The van der Waals surface area contributed by atoms with E-state index in [4.69, 9.17) is 4.74 Å². The minimum atomic E-state index is -4.35. The van der Waals surface area contributed by atoms with Crippen molar-refractivity contribution < 1.29 is 22.7 Å². The van der Waals surface area contributed by atoms with Crippen LogP contribution in [0.15, 0.2) is 54.6 Å². The molecule has 0 heterocycles. The van der Waals surface area contributed by atoms with Gasteiger partial charge in [-0.2, -0.15) is 13.2 Å². The maximum absolute atomic E-state index is 13.2. The van der Waals surface area contributed by atoms with Crippen LogP contribution in [0.3, 0.4) is 0 Å². The molecule has 1 saturated carbocycles. The first-order valence-electron chi connectivity index (χ1n) is 12.8. The van der Waals surface area contributed by atoms with Gasteiger partial charge in [-0.25, -0.2) is 0 Å². The van der Waals surface area contributed by atoms with Gasteiger partial charge in [-0.05, 0) is 80.2 Å². The summed E-state index contributed by atoms with van der Waals surface area (Å²) in [6.45, 7) is 8.32. The molecule has 3 rings (SSSR count). The molecule has 2 aromatic rings. The van der Waals surface area contributed by atoms with Crippen LogP contribution < -0.4 is 0 Å². The third-order valence-electron chi connectivity index (χ3n) is 7.04. The molecule has 1 aliphatic rings. The largest absolute Gasteiger partial charge is 0.466 e. The number of halogens is 3. The van der Waals surface area contributed by atoms with E-state index in [0.29, 0.717) is 18.9 Å². The van der Waals surface area contributed by atoms with Crippen molar-refractivity contribution in [1.29, 1.82) is 0 Å². The van der Waals surface area contributed by atoms with Gasteiger partial charge in [0.2, 0.25) is 0 Å². The van der Waals surface area contributed by atoms with Crippen LogP contribution >= 0.6 is 0 Å². The first-order chi connectivity index (χ1) is 16.7. The van der Waals surface area contributed by atoms with Crippen molar-refractivity contribution in [2.45, 2.75) is 77.6 Å². The SMILES string of the molecule is CCOC(=O)C[C@H]1CC[C@H](N(CCC(C)C)Cc2ccccc2)[C@@H](c2ccc(C(F)(F)F)cc2)C1. The highest BCUT2D eigenvalue weighted by molar-refractivity contribution is 5.69. The van der Waals surface area contributed by atoms with Gasteiger partial charge < -0.3 is 4.74 Å². The third kappa shape index (κ3) is 8.09. The van der Waals surface area contributed by atoms with E-state index in [1.54, 1.807) is 19.1 Å². The summed E-state index contributed by atoms with van der Waals surface area (Å²) in [6, 6.07) is 16.2. The molecule has 3 nitrogen and oxygen atoms in total. The highest BCUT2D eigenvalue weighted by Gasteiger charge is 2.37. The topological polar surface area (TPSA) is 29.5 Å². The summed E-state index contributed by atoms with van der Waals surface area (Å²) in [5.41, 5.74) is 1.52. The molecule has 0 saturated heterocycles. The van der Waals surface area contributed by atoms with Crippen molar-refractivity contribution in [3.05, 3.63) is 71.3 Å². The Morgan fingerprint density at radius 3 is 2.34 bits per heavy atom. The van der Waals surface area contributed by atoms with Gasteiger partial charge in [0.25, 0.3) is 0 Å². The van der Waals surface area contributed by atoms with Crippen molar-refractivity contribution in [3.63, 3.8) is 0 Å². The number of hydrogen-bond donors (Lipinski definition) is 0. The Balaban J connectivity index is 1.89. The normalized spacial score (nSPS) is 20.9. The molecule has 0 aromatic heterocycles. The van der Waals surface area contributed by atoms with Crippen molar-refractivity contribution in [1.82, 2.24) is 4.90 Å². The number of rotatable bonds is 10. The lowest BCUT2D eigenvalue weighted by atomic mass is 9.72. The molecule has 192 valence electrons. The zero-order valence-corrected chi connectivity index (χ0v) is 21.1. The Morgan fingerprint density at radius 1 is 1.06 bits per heavy atom. The van der Waals surface area contributed by atoms with Gasteiger partial charge in [0.1, 0.15) is 0 Å². The number of hydrogen-bond acceptors (Lipinski definition) is 3. The lowest BCUT2D eigenvalue weighted by Gasteiger charge is -2.43. The lowest BCUT2D eigenvalue weighted by Crippen LogP contribution is -2.43. The predicted octanol–water partition coefficient (Wildman–Crippen LogP) is 7.46. The molecule has 1 aliphatic carbocycles. The van der Waals surface area contributed by atoms with Crippen LogP contribution in [0.2, 0.25) is 0 Å². The van der Waals surface area contributed by atoms with E-state index >= 15 is 0 Å². The average molecular weight is 490 g/mol. The van der Waals surface area contributed by atoms with Crippen molar-refractivity contribution in [3.8, 4) is 0 Å². The monoisotopic (exact) mass is 489 g/mol. The Hall–Kier alpha value is -2.34. The van der Waals surface area contributed by atoms with E-state index in [1.165, 1.54) is 17.7 Å². The molecule has 0 bridgehead atoms. The summed E-state index contributed by atoms with van der Waals surface area (Å²) >= 11 is 0. The zero-order chi connectivity index (χ0) is 25.4. The molecular formula is C29H38F3NO2. The van der Waals surface area contributed by atoms with Crippen LogP contribution in [0, 0.1) is 11.8 Å². The first-order valence-corrected chi connectivity index (χ1v) is 12.8. The van der Waals surface area contributed by atoms with E-state index < -0.39 is 11.7 Å². The van der Waals surface area contributed by atoms with Crippen LogP contribution in [0.5, 0.6) is 0 Å². The van der Waals surface area contributed by atoms with Crippen LogP contribution in [-0.4, -0.2) is 30.1 Å². The highest BCUT2D eigenvalue weighted by atomic mass is 19.4. The standard InChI is InChI=1S/C29H38F3NO2/c1-4-35-28(34)19-23-10-15-27(26(18-23)24-11-13-25(14-12-24)29(30,31)32)33(17-16-21(2)3)20-22-8-6-5-7-9-22/h5-9,11-14,21,23,26-27H,4,10,15-20H2,1-3H3/t23-,26+,27-/m0/s1. The molecule has 2 aromatic carbocycles. The first kappa shape index (κ1) is 27.3. The second kappa shape index (κ2) is 12.6. The molecule has 35 heavy (non-hydrogen) atoms. The van der Waals surface area contributed by atoms with Crippen molar-refractivity contribution in [2.75, 3.05) is 13.2 Å². The van der Waals surface area contributed by atoms with Crippen LogP contribution in [0.4, 0.5) is 13.2 Å². The molecule has 0 aliphatic heterocycles. The summed E-state index contributed by atoms with van der Waals surface area (Å²) in [5.74, 6) is 0.587. The molecule has 1 fully saturated rings. The van der Waals surface area contributed by atoms with Crippen LogP contribution in [-0.2, 0) is 22.3 Å². The van der Waals surface area contributed by atoms with E-state index in [2.05, 4.69) is 30.9 Å². The molecule has 3 atom stereocenters. The summed E-state index contributed by atoms with van der Waals surface area (Å²) in [5, 5.41) is 0. The maximum Gasteiger partial charge on any atom is 0.416 e. The summed E-state index contributed by atoms with van der Waals surface area (Å²) < 4.78 is 44.8. The fourth-order valence-corrected chi connectivity index (χ4v) is 5.20. The Bertz CT molecular complexity index is 912. The van der Waals surface area contributed by atoms with Crippen molar-refractivity contribution in [2.24, 2.45) is 11.8 Å². The molecule has 0 unspecified atom stereocenters. The minimum Gasteiger partial charge on any atom is -0.466 e. The van der Waals surface area contributed by atoms with Gasteiger partial charge in [0, 0.05) is 19.0 Å². The highest BCUT2D eigenvalue weighted by Crippen LogP contribution is 2.42. The number of carbonyl (C=O) groups is 1. The van der Waals surface area contributed by atoms with Gasteiger partial charge in [0.05, 0.1) is 12.2 Å². The number of esters is 1. The zero-order valence-electron chi connectivity index (χ0n) is 21.1. The molecular weight excluding hydrogens is 451 g/mol. The van der Waals surface area contributed by atoms with Gasteiger partial charge in [-0.1, -0.05) is 56.3 Å². The van der Waals surface area contributed by atoms with Gasteiger partial charge in [-0.15, -0.1) is 0 Å². The molecule has 6 heteroatoms. The summed E-state index contributed by atoms with van der Waals surface area (Å²) in [4.78, 5) is 14.7. The van der Waals surface area contributed by atoms with E-state index in [-0.39, 0.29) is 23.8 Å². The van der Waals surface area contributed by atoms with E-state index in [9.17, 15) is 18.0 Å². The number of ether oxygens (including phenoxy) is 1. The van der Waals surface area contributed by atoms with E-state index in [1.807, 2.05) is 18.2 Å². The predicted molar refractivity (Wildman–Crippen MR) is 133 cm³/mol. The summed E-state index contributed by atoms with van der Waals surface area (Å²) in [7, 11) is 0. The van der Waals surface area contributed by atoms with Gasteiger partial charge >= 0.3 is 12.1 Å². The van der Waals surface area contributed by atoms with Gasteiger partial charge in [0.15, 0.2) is 0 Å². The number of carbonyl (C=O) groups excluding carboxylic acids is 1. The third-order valence-corrected chi connectivity index (χ3v) is 7.04. The quantitative estimate of drug-likeness (QED) is 0.325. The van der Waals surface area contributed by atoms with E-state index in [0.717, 1.165) is 44.3 Å². The summed E-state index contributed by atoms with van der Waals surface area (Å²) in [6.07, 6.45) is -0.360.